The molecule has 5 heteroatoms. The molecule has 1 fully saturated rings. The van der Waals surface area contributed by atoms with Gasteiger partial charge in [-0.25, -0.2) is 9.18 Å². The molecule has 0 radical (unpaired) electrons. The molecule has 0 bridgehead atoms. The molecule has 0 spiro atoms. The van der Waals surface area contributed by atoms with Crippen molar-refractivity contribution in [1.29, 1.82) is 0 Å². The molecule has 0 saturated carbocycles. The molecule has 1 aliphatic rings. The van der Waals surface area contributed by atoms with Gasteiger partial charge in [0, 0.05) is 13.0 Å². The second-order valence-electron chi connectivity index (χ2n) is 8.39. The van der Waals surface area contributed by atoms with Crippen LogP contribution >= 0.6 is 0 Å². The topological polar surface area (TPSA) is 38.8 Å². The van der Waals surface area contributed by atoms with Crippen LogP contribution in [-0.4, -0.2) is 24.1 Å². The molecule has 1 saturated heterocycles. The van der Waals surface area contributed by atoms with Gasteiger partial charge in [-0.2, -0.15) is 0 Å². The molecule has 1 aliphatic heterocycles. The van der Waals surface area contributed by atoms with Gasteiger partial charge in [0.2, 0.25) is 0 Å². The van der Waals surface area contributed by atoms with Crippen LogP contribution in [0.5, 0.6) is 5.75 Å². The summed E-state index contributed by atoms with van der Waals surface area (Å²) in [6.45, 7) is 7.41. The van der Waals surface area contributed by atoms with E-state index in [1.807, 2.05) is 37.3 Å². The standard InChI is InChI=1S/C26H34FNO3/c1-4-9-20(10-5-2)18-30-25-17-22(13-14-23(25)27)24-15-16-28(26(29)31-24)19(3)21-11-7-6-8-12-21/h6-8,11-14,17,19-20,24H,4-5,9-10,15-16,18H2,1-3H3/t19?,24-/m0/s1. The Morgan fingerprint density at radius 2 is 1.84 bits per heavy atom. The van der Waals surface area contributed by atoms with Crippen LogP contribution in [0.4, 0.5) is 9.18 Å². The summed E-state index contributed by atoms with van der Waals surface area (Å²) < 4.78 is 25.9. The van der Waals surface area contributed by atoms with E-state index in [0.717, 1.165) is 36.8 Å². The van der Waals surface area contributed by atoms with E-state index in [1.54, 1.807) is 17.0 Å². The predicted molar refractivity (Wildman–Crippen MR) is 121 cm³/mol. The summed E-state index contributed by atoms with van der Waals surface area (Å²) in [6.07, 6.45) is 4.25. The molecule has 1 unspecified atom stereocenters. The molecular weight excluding hydrogens is 393 g/mol. The number of carbonyl (C=O) groups is 1. The molecule has 1 heterocycles. The third-order valence-corrected chi connectivity index (χ3v) is 6.05. The lowest BCUT2D eigenvalue weighted by Gasteiger charge is -2.36. The summed E-state index contributed by atoms with van der Waals surface area (Å²) in [5.41, 5.74) is 1.85. The summed E-state index contributed by atoms with van der Waals surface area (Å²) in [5, 5.41) is 0. The van der Waals surface area contributed by atoms with Crippen molar-refractivity contribution in [2.75, 3.05) is 13.2 Å². The fourth-order valence-electron chi connectivity index (χ4n) is 4.26. The number of benzene rings is 2. The van der Waals surface area contributed by atoms with Crippen LogP contribution in [0.25, 0.3) is 0 Å². The molecule has 3 rings (SSSR count). The van der Waals surface area contributed by atoms with Gasteiger partial charge in [0.1, 0.15) is 6.10 Å². The average molecular weight is 428 g/mol. The molecule has 2 aromatic carbocycles. The Morgan fingerprint density at radius 3 is 2.48 bits per heavy atom. The van der Waals surface area contributed by atoms with Crippen LogP contribution in [0.2, 0.25) is 0 Å². The lowest BCUT2D eigenvalue weighted by atomic mass is 9.99. The minimum Gasteiger partial charge on any atom is -0.490 e. The third kappa shape index (κ3) is 5.99. The molecule has 2 atom stereocenters. The second kappa shape index (κ2) is 11.2. The number of halogens is 1. The van der Waals surface area contributed by atoms with E-state index in [-0.39, 0.29) is 23.7 Å². The summed E-state index contributed by atoms with van der Waals surface area (Å²) in [7, 11) is 0. The molecule has 0 aromatic heterocycles. The van der Waals surface area contributed by atoms with Crippen LogP contribution in [0.3, 0.4) is 0 Å². The average Bonchev–Trinajstić information content (AvgIpc) is 2.79. The van der Waals surface area contributed by atoms with Gasteiger partial charge in [0.15, 0.2) is 11.6 Å². The summed E-state index contributed by atoms with van der Waals surface area (Å²) in [5.74, 6) is 0.293. The quantitative estimate of drug-likeness (QED) is 0.407. The fraction of sp³-hybridized carbons (Fsp3) is 0.500. The molecular formula is C26H34FNO3. The number of hydrogen-bond acceptors (Lipinski definition) is 3. The number of carbonyl (C=O) groups excluding carboxylic acids is 1. The summed E-state index contributed by atoms with van der Waals surface area (Å²) in [4.78, 5) is 14.4. The van der Waals surface area contributed by atoms with Crippen molar-refractivity contribution in [2.45, 2.75) is 65.0 Å². The molecule has 2 aromatic rings. The first-order chi connectivity index (χ1) is 15.0. The Hall–Kier alpha value is -2.56. The van der Waals surface area contributed by atoms with Crippen molar-refractivity contribution in [3.63, 3.8) is 0 Å². The maximum atomic E-state index is 14.4. The maximum Gasteiger partial charge on any atom is 0.410 e. The van der Waals surface area contributed by atoms with Gasteiger partial charge in [-0.1, -0.05) is 63.1 Å². The Morgan fingerprint density at radius 1 is 1.13 bits per heavy atom. The zero-order valence-electron chi connectivity index (χ0n) is 18.9. The minimum atomic E-state index is -0.392. The van der Waals surface area contributed by atoms with Crippen molar-refractivity contribution < 1.29 is 18.7 Å². The van der Waals surface area contributed by atoms with Gasteiger partial charge in [-0.15, -0.1) is 0 Å². The second-order valence-corrected chi connectivity index (χ2v) is 8.39. The van der Waals surface area contributed by atoms with Crippen molar-refractivity contribution >= 4 is 6.09 Å². The zero-order valence-corrected chi connectivity index (χ0v) is 18.9. The van der Waals surface area contributed by atoms with Crippen molar-refractivity contribution in [2.24, 2.45) is 5.92 Å². The largest absolute Gasteiger partial charge is 0.490 e. The van der Waals surface area contributed by atoms with Crippen LogP contribution < -0.4 is 4.74 Å². The van der Waals surface area contributed by atoms with Gasteiger partial charge in [-0.05, 0) is 48.9 Å². The van der Waals surface area contributed by atoms with Crippen molar-refractivity contribution in [3.8, 4) is 5.75 Å². The summed E-state index contributed by atoms with van der Waals surface area (Å²) in [6, 6.07) is 14.6. The number of nitrogens with zero attached hydrogens (tertiary/aromatic N) is 1. The highest BCUT2D eigenvalue weighted by atomic mass is 19.1. The number of ether oxygens (including phenoxy) is 2. The van der Waals surface area contributed by atoms with Crippen LogP contribution in [-0.2, 0) is 4.74 Å². The Labute approximate surface area is 185 Å². The SMILES string of the molecule is CCCC(CCC)COc1cc([C@@H]2CCN(C(C)c3ccccc3)C(=O)O2)ccc1F. The highest BCUT2D eigenvalue weighted by Gasteiger charge is 2.32. The smallest absolute Gasteiger partial charge is 0.410 e. The lowest BCUT2D eigenvalue weighted by Crippen LogP contribution is -2.40. The van der Waals surface area contributed by atoms with Crippen molar-refractivity contribution in [1.82, 2.24) is 4.90 Å². The van der Waals surface area contributed by atoms with E-state index in [4.69, 9.17) is 9.47 Å². The third-order valence-electron chi connectivity index (χ3n) is 6.05. The fourth-order valence-corrected chi connectivity index (χ4v) is 4.26. The van der Waals surface area contributed by atoms with Crippen molar-refractivity contribution in [3.05, 3.63) is 65.5 Å². The Balaban J connectivity index is 1.64. The van der Waals surface area contributed by atoms with Crippen LogP contribution in [0.15, 0.2) is 48.5 Å². The first-order valence-electron chi connectivity index (χ1n) is 11.5. The van der Waals surface area contributed by atoms with Gasteiger partial charge in [0.05, 0.1) is 12.6 Å². The number of amides is 1. The van der Waals surface area contributed by atoms with E-state index in [0.29, 0.717) is 25.5 Å². The first-order valence-corrected chi connectivity index (χ1v) is 11.5. The molecule has 1 amide bonds. The van der Waals surface area contributed by atoms with E-state index in [9.17, 15) is 9.18 Å². The van der Waals surface area contributed by atoms with Crippen LogP contribution in [0.1, 0.15) is 76.1 Å². The number of rotatable bonds is 10. The van der Waals surface area contributed by atoms with Gasteiger partial charge >= 0.3 is 6.09 Å². The molecule has 0 aliphatic carbocycles. The summed E-state index contributed by atoms with van der Waals surface area (Å²) >= 11 is 0. The normalized spacial score (nSPS) is 17.5. The molecule has 0 N–H and O–H groups in total. The first kappa shape index (κ1) is 23.1. The Kier molecular flexibility index (Phi) is 8.33. The predicted octanol–water partition coefficient (Wildman–Crippen LogP) is 7.07. The van der Waals surface area contributed by atoms with E-state index < -0.39 is 6.10 Å². The van der Waals surface area contributed by atoms with Gasteiger partial charge in [0.25, 0.3) is 0 Å². The molecule has 168 valence electrons. The maximum absolute atomic E-state index is 14.4. The molecule has 31 heavy (non-hydrogen) atoms. The van der Waals surface area contributed by atoms with E-state index >= 15 is 0 Å². The van der Waals surface area contributed by atoms with Gasteiger partial charge < -0.3 is 14.4 Å². The van der Waals surface area contributed by atoms with Crippen LogP contribution in [0, 0.1) is 11.7 Å². The molecule has 4 nitrogen and oxygen atoms in total. The minimum absolute atomic E-state index is 0.0594. The van der Waals surface area contributed by atoms with Gasteiger partial charge in [-0.3, -0.25) is 0 Å². The Bertz CT molecular complexity index is 836. The highest BCUT2D eigenvalue weighted by molar-refractivity contribution is 5.69. The highest BCUT2D eigenvalue weighted by Crippen LogP contribution is 2.34. The zero-order chi connectivity index (χ0) is 22.2. The number of hydrogen-bond donors (Lipinski definition) is 0. The number of cyclic esters (lactones) is 1. The lowest BCUT2D eigenvalue weighted by molar-refractivity contribution is 0.0121. The van der Waals surface area contributed by atoms with E-state index in [2.05, 4.69) is 13.8 Å². The monoisotopic (exact) mass is 427 g/mol. The van der Waals surface area contributed by atoms with E-state index in [1.165, 1.54) is 6.07 Å².